The highest BCUT2D eigenvalue weighted by Crippen LogP contribution is 2.31. The molecule has 164 valence electrons. The highest BCUT2D eigenvalue weighted by atomic mass is 35.5. The van der Waals surface area contributed by atoms with Crippen LogP contribution in [0.2, 0.25) is 0 Å². The van der Waals surface area contributed by atoms with Crippen molar-refractivity contribution in [2.45, 2.75) is 19.4 Å². The lowest BCUT2D eigenvalue weighted by Gasteiger charge is -2.35. The molecule has 2 N–H and O–H groups in total. The average molecular weight is 435 g/mol. The van der Waals surface area contributed by atoms with Gasteiger partial charge in [0.1, 0.15) is 12.4 Å². The van der Waals surface area contributed by atoms with Crippen LogP contribution < -0.4 is 15.4 Å². The highest BCUT2D eigenvalue weighted by molar-refractivity contribution is 5.95. The highest BCUT2D eigenvalue weighted by Gasteiger charge is 2.39. The van der Waals surface area contributed by atoms with E-state index in [4.69, 9.17) is 14.2 Å². The molecule has 0 saturated carbocycles. The van der Waals surface area contributed by atoms with Gasteiger partial charge in [0.15, 0.2) is 0 Å². The molecular weight excluding hydrogens is 404 g/mol. The summed E-state index contributed by atoms with van der Waals surface area (Å²) in [5, 5.41) is 6.38. The molecule has 0 aliphatic carbocycles. The third-order valence-electron chi connectivity index (χ3n) is 5.16. The fraction of sp³-hybridized carbons (Fsp3) is 0.435. The van der Waals surface area contributed by atoms with Gasteiger partial charge in [0.25, 0.3) is 0 Å². The first kappa shape index (κ1) is 24.2. The van der Waals surface area contributed by atoms with Crippen LogP contribution in [0.3, 0.4) is 0 Å². The normalized spacial score (nSPS) is 15.1. The first-order valence-corrected chi connectivity index (χ1v) is 10.1. The summed E-state index contributed by atoms with van der Waals surface area (Å²) in [5.41, 5.74) is 1.32. The molecule has 2 aromatic rings. The predicted octanol–water partition coefficient (Wildman–Crippen LogP) is 3.66. The molecule has 1 heterocycles. The molecule has 1 aliphatic heterocycles. The van der Waals surface area contributed by atoms with E-state index in [1.807, 2.05) is 54.6 Å². The Morgan fingerprint density at radius 3 is 2.57 bits per heavy atom. The number of ether oxygens (including phenoxy) is 3. The number of amides is 1. The Balaban J connectivity index is 0.00000320. The third kappa shape index (κ3) is 6.99. The summed E-state index contributed by atoms with van der Waals surface area (Å²) in [5.74, 6) is 0.860. The summed E-state index contributed by atoms with van der Waals surface area (Å²) in [7, 11) is 1.65. The van der Waals surface area contributed by atoms with Crippen molar-refractivity contribution >= 4 is 24.0 Å². The van der Waals surface area contributed by atoms with Gasteiger partial charge in [-0.15, -0.1) is 12.4 Å². The number of rotatable bonds is 10. The van der Waals surface area contributed by atoms with Crippen molar-refractivity contribution in [2.75, 3.05) is 45.3 Å². The lowest BCUT2D eigenvalue weighted by molar-refractivity contribution is -0.130. The largest absolute Gasteiger partial charge is 0.491 e. The lowest BCUT2D eigenvalue weighted by Crippen LogP contribution is -2.47. The number of anilines is 1. The molecular formula is C23H31ClN2O4. The van der Waals surface area contributed by atoms with Gasteiger partial charge in [0, 0.05) is 12.8 Å². The van der Waals surface area contributed by atoms with Gasteiger partial charge >= 0.3 is 0 Å². The van der Waals surface area contributed by atoms with Crippen molar-refractivity contribution in [1.29, 1.82) is 0 Å². The number of nitrogens with one attached hydrogen (secondary N) is 2. The molecule has 6 nitrogen and oxygen atoms in total. The van der Waals surface area contributed by atoms with Crippen LogP contribution in [0.1, 0.15) is 18.4 Å². The first-order chi connectivity index (χ1) is 14.2. The van der Waals surface area contributed by atoms with Crippen LogP contribution in [0, 0.1) is 5.41 Å². The van der Waals surface area contributed by atoms with Gasteiger partial charge < -0.3 is 24.8 Å². The van der Waals surface area contributed by atoms with E-state index >= 15 is 0 Å². The van der Waals surface area contributed by atoms with Crippen LogP contribution in [0.15, 0.2) is 54.6 Å². The SMILES string of the molecule is COCC1(C(=O)Nc2cccc(COCCOc3ccccc3)c2)CCNCC1.Cl. The maximum absolute atomic E-state index is 13.0. The van der Waals surface area contributed by atoms with Gasteiger partial charge in [0.05, 0.1) is 25.2 Å². The van der Waals surface area contributed by atoms with Crippen molar-refractivity contribution < 1.29 is 19.0 Å². The Labute approximate surface area is 184 Å². The molecule has 30 heavy (non-hydrogen) atoms. The molecule has 0 atom stereocenters. The molecule has 3 rings (SSSR count). The minimum Gasteiger partial charge on any atom is -0.491 e. The average Bonchev–Trinajstić information content (AvgIpc) is 2.75. The Kier molecular flexibility index (Phi) is 10.1. The van der Waals surface area contributed by atoms with Crippen LogP contribution in [0.5, 0.6) is 5.75 Å². The number of para-hydroxylation sites is 1. The zero-order chi connectivity index (χ0) is 20.4. The van der Waals surface area contributed by atoms with E-state index in [9.17, 15) is 4.79 Å². The number of halogens is 1. The molecule has 2 aromatic carbocycles. The molecule has 1 saturated heterocycles. The first-order valence-electron chi connectivity index (χ1n) is 10.1. The smallest absolute Gasteiger partial charge is 0.233 e. The van der Waals surface area contributed by atoms with Crippen molar-refractivity contribution in [1.82, 2.24) is 5.32 Å². The second-order valence-corrected chi connectivity index (χ2v) is 7.33. The summed E-state index contributed by atoms with van der Waals surface area (Å²) in [6, 6.07) is 17.5. The molecule has 1 amide bonds. The maximum Gasteiger partial charge on any atom is 0.233 e. The summed E-state index contributed by atoms with van der Waals surface area (Å²) in [6.45, 7) is 3.55. The van der Waals surface area contributed by atoms with Crippen molar-refractivity contribution in [3.05, 3.63) is 60.2 Å². The summed E-state index contributed by atoms with van der Waals surface area (Å²) in [6.07, 6.45) is 1.55. The second kappa shape index (κ2) is 12.5. The van der Waals surface area contributed by atoms with Gasteiger partial charge in [-0.1, -0.05) is 30.3 Å². The fourth-order valence-corrected chi connectivity index (χ4v) is 3.55. The number of methoxy groups -OCH3 is 1. The molecule has 0 radical (unpaired) electrons. The quantitative estimate of drug-likeness (QED) is 0.558. The summed E-state index contributed by atoms with van der Waals surface area (Å²) < 4.78 is 16.7. The molecule has 0 bridgehead atoms. The number of benzene rings is 2. The van der Waals surface area contributed by atoms with Crippen molar-refractivity contribution in [2.24, 2.45) is 5.41 Å². The van der Waals surface area contributed by atoms with Crippen LogP contribution >= 0.6 is 12.4 Å². The van der Waals surface area contributed by atoms with E-state index in [1.165, 1.54) is 0 Å². The summed E-state index contributed by atoms with van der Waals surface area (Å²) >= 11 is 0. The topological polar surface area (TPSA) is 68.8 Å². The van der Waals surface area contributed by atoms with Crippen LogP contribution in [0.4, 0.5) is 5.69 Å². The number of carbonyl (C=O) groups excluding carboxylic acids is 1. The standard InChI is InChI=1S/C23H30N2O4.ClH/c1-27-18-23(10-12-24-13-11-23)22(26)25-20-7-5-6-19(16-20)17-28-14-15-29-21-8-3-2-4-9-21;/h2-9,16,24H,10-15,17-18H2,1H3,(H,25,26);1H. The summed E-state index contributed by atoms with van der Waals surface area (Å²) in [4.78, 5) is 13.0. The predicted molar refractivity (Wildman–Crippen MR) is 120 cm³/mol. The van der Waals surface area contributed by atoms with Gasteiger partial charge in [-0.05, 0) is 55.8 Å². The van der Waals surface area contributed by atoms with E-state index < -0.39 is 5.41 Å². The zero-order valence-electron chi connectivity index (χ0n) is 17.4. The van der Waals surface area contributed by atoms with Gasteiger partial charge in [0.2, 0.25) is 5.91 Å². The van der Waals surface area contributed by atoms with Gasteiger partial charge in [-0.3, -0.25) is 4.79 Å². The van der Waals surface area contributed by atoms with Gasteiger partial charge in [-0.2, -0.15) is 0 Å². The van der Waals surface area contributed by atoms with Gasteiger partial charge in [-0.25, -0.2) is 0 Å². The van der Waals surface area contributed by atoms with E-state index in [0.717, 1.165) is 42.9 Å². The minimum atomic E-state index is -0.471. The zero-order valence-corrected chi connectivity index (χ0v) is 18.2. The van der Waals surface area contributed by atoms with Crippen LogP contribution in [0.25, 0.3) is 0 Å². The molecule has 0 spiro atoms. The van der Waals surface area contributed by atoms with E-state index in [1.54, 1.807) is 7.11 Å². The van der Waals surface area contributed by atoms with Crippen LogP contribution in [-0.4, -0.2) is 45.9 Å². The molecule has 0 aromatic heterocycles. The molecule has 1 aliphatic rings. The number of hydrogen-bond acceptors (Lipinski definition) is 5. The molecule has 1 fully saturated rings. The number of carbonyl (C=O) groups is 1. The Morgan fingerprint density at radius 2 is 1.83 bits per heavy atom. The van der Waals surface area contributed by atoms with E-state index in [-0.39, 0.29) is 18.3 Å². The van der Waals surface area contributed by atoms with E-state index in [2.05, 4.69) is 10.6 Å². The minimum absolute atomic E-state index is 0. The molecule has 7 heteroatoms. The monoisotopic (exact) mass is 434 g/mol. The Hall–Kier alpha value is -2.12. The third-order valence-corrected chi connectivity index (χ3v) is 5.16. The van der Waals surface area contributed by atoms with Crippen molar-refractivity contribution in [3.63, 3.8) is 0 Å². The lowest BCUT2D eigenvalue weighted by atomic mass is 9.78. The number of piperidine rings is 1. The maximum atomic E-state index is 13.0. The van der Waals surface area contributed by atoms with Crippen molar-refractivity contribution in [3.8, 4) is 5.75 Å². The fourth-order valence-electron chi connectivity index (χ4n) is 3.55. The molecule has 0 unspecified atom stereocenters. The Morgan fingerprint density at radius 1 is 1.07 bits per heavy atom. The number of hydrogen-bond donors (Lipinski definition) is 2. The Bertz CT molecular complexity index is 761. The van der Waals surface area contributed by atoms with Crippen LogP contribution in [-0.2, 0) is 20.9 Å². The second-order valence-electron chi connectivity index (χ2n) is 7.33. The van der Waals surface area contributed by atoms with E-state index in [0.29, 0.717) is 26.4 Å².